The molecule has 0 aromatic rings. The first kappa shape index (κ1) is 8.78. The summed E-state index contributed by atoms with van der Waals surface area (Å²) >= 11 is 2.44. The van der Waals surface area contributed by atoms with Gasteiger partial charge in [0.2, 0.25) is 0 Å². The Morgan fingerprint density at radius 1 is 1.30 bits per heavy atom. The highest BCUT2D eigenvalue weighted by Gasteiger charge is 2.24. The molecule has 1 fully saturated rings. The summed E-state index contributed by atoms with van der Waals surface area (Å²) in [5.41, 5.74) is 0.613. The molecule has 60 valence electrons. The molecule has 1 aliphatic heterocycles. The van der Waals surface area contributed by atoms with Crippen molar-refractivity contribution in [3.05, 3.63) is 0 Å². The van der Waals surface area contributed by atoms with Gasteiger partial charge in [-0.15, -0.1) is 0 Å². The van der Waals surface area contributed by atoms with Gasteiger partial charge in [-0.2, -0.15) is 0 Å². The molecule has 0 amide bonds. The highest BCUT2D eigenvalue weighted by Crippen LogP contribution is 2.29. The molecule has 1 nitrogen and oxygen atoms in total. The van der Waals surface area contributed by atoms with Crippen molar-refractivity contribution in [2.75, 3.05) is 17.6 Å². The van der Waals surface area contributed by atoms with Gasteiger partial charge >= 0.3 is 0 Å². The SMILES string of the molecule is CC1(C)CCN(CI)CC1. The van der Waals surface area contributed by atoms with Crippen LogP contribution >= 0.6 is 22.6 Å². The number of rotatable bonds is 1. The summed E-state index contributed by atoms with van der Waals surface area (Å²) in [5.74, 6) is 0. The predicted molar refractivity (Wildman–Crippen MR) is 53.5 cm³/mol. The number of hydrogen-bond acceptors (Lipinski definition) is 1. The first-order valence-corrected chi connectivity index (χ1v) is 5.45. The third kappa shape index (κ3) is 2.38. The minimum absolute atomic E-state index is 0.613. The molecule has 1 saturated heterocycles. The van der Waals surface area contributed by atoms with E-state index in [1.54, 1.807) is 0 Å². The fourth-order valence-electron chi connectivity index (χ4n) is 1.28. The lowest BCUT2D eigenvalue weighted by Crippen LogP contribution is -2.36. The van der Waals surface area contributed by atoms with Crippen molar-refractivity contribution in [3.8, 4) is 0 Å². The standard InChI is InChI=1S/C8H16IN/c1-8(2)3-5-10(7-9)6-4-8/h3-7H2,1-2H3. The molecule has 0 atom stereocenters. The van der Waals surface area contributed by atoms with E-state index in [4.69, 9.17) is 0 Å². The minimum Gasteiger partial charge on any atom is -0.294 e. The number of piperidine rings is 1. The van der Waals surface area contributed by atoms with E-state index in [9.17, 15) is 0 Å². The van der Waals surface area contributed by atoms with Crippen LogP contribution in [0, 0.1) is 5.41 Å². The molecule has 10 heavy (non-hydrogen) atoms. The molecule has 1 aliphatic rings. The Balaban J connectivity index is 2.31. The molecule has 0 aromatic carbocycles. The summed E-state index contributed by atoms with van der Waals surface area (Å²) < 4.78 is 1.20. The first-order chi connectivity index (χ1) is 4.64. The van der Waals surface area contributed by atoms with Crippen LogP contribution in [0.2, 0.25) is 0 Å². The highest BCUT2D eigenvalue weighted by molar-refractivity contribution is 14.1. The van der Waals surface area contributed by atoms with Gasteiger partial charge in [0.25, 0.3) is 0 Å². The molecule has 0 N–H and O–H groups in total. The van der Waals surface area contributed by atoms with E-state index in [2.05, 4.69) is 41.3 Å². The van der Waals surface area contributed by atoms with Crippen LogP contribution in [0.15, 0.2) is 0 Å². The Bertz CT molecular complexity index is 102. The second-order valence-corrected chi connectivity index (χ2v) is 4.58. The van der Waals surface area contributed by atoms with Gasteiger partial charge in [-0.1, -0.05) is 36.4 Å². The summed E-state index contributed by atoms with van der Waals surface area (Å²) in [7, 11) is 0. The maximum atomic E-state index is 2.52. The van der Waals surface area contributed by atoms with Gasteiger partial charge in [0, 0.05) is 0 Å². The normalized spacial score (nSPS) is 26.7. The lowest BCUT2D eigenvalue weighted by atomic mass is 9.83. The third-order valence-corrected chi connectivity index (χ3v) is 3.34. The summed E-state index contributed by atoms with van der Waals surface area (Å²) in [6.07, 6.45) is 2.74. The topological polar surface area (TPSA) is 3.24 Å². The van der Waals surface area contributed by atoms with Crippen molar-refractivity contribution in [2.24, 2.45) is 5.41 Å². The molecule has 1 rings (SSSR count). The van der Waals surface area contributed by atoms with E-state index < -0.39 is 0 Å². The lowest BCUT2D eigenvalue weighted by Gasteiger charge is -2.35. The largest absolute Gasteiger partial charge is 0.294 e. The van der Waals surface area contributed by atoms with Crippen molar-refractivity contribution in [1.82, 2.24) is 4.90 Å². The van der Waals surface area contributed by atoms with Gasteiger partial charge in [-0.25, -0.2) is 0 Å². The summed E-state index contributed by atoms with van der Waals surface area (Å²) in [6.45, 7) is 7.35. The summed E-state index contributed by atoms with van der Waals surface area (Å²) in [4.78, 5) is 2.52. The molecular weight excluding hydrogens is 237 g/mol. The molecule has 0 bridgehead atoms. The zero-order chi connectivity index (χ0) is 7.61. The monoisotopic (exact) mass is 253 g/mol. The van der Waals surface area contributed by atoms with Gasteiger partial charge in [-0.05, 0) is 31.3 Å². The van der Waals surface area contributed by atoms with E-state index in [-0.39, 0.29) is 0 Å². The second-order valence-electron chi connectivity index (χ2n) is 3.90. The fourth-order valence-corrected chi connectivity index (χ4v) is 1.96. The molecule has 0 aliphatic carbocycles. The van der Waals surface area contributed by atoms with Crippen molar-refractivity contribution in [3.63, 3.8) is 0 Å². The Hall–Kier alpha value is 0.690. The molecule has 0 saturated carbocycles. The van der Waals surface area contributed by atoms with Crippen LogP contribution in [0.1, 0.15) is 26.7 Å². The van der Waals surface area contributed by atoms with Gasteiger partial charge in [0.15, 0.2) is 0 Å². The molecule has 0 unspecified atom stereocenters. The number of likely N-dealkylation sites (tertiary alicyclic amines) is 1. The van der Waals surface area contributed by atoms with E-state index in [1.807, 2.05) is 0 Å². The summed E-state index contributed by atoms with van der Waals surface area (Å²) in [6, 6.07) is 0. The van der Waals surface area contributed by atoms with Gasteiger partial charge in [-0.3, -0.25) is 4.90 Å². The van der Waals surface area contributed by atoms with Crippen molar-refractivity contribution in [2.45, 2.75) is 26.7 Å². The number of hydrogen-bond donors (Lipinski definition) is 0. The van der Waals surface area contributed by atoms with E-state index >= 15 is 0 Å². The number of alkyl halides is 1. The molecular formula is C8H16IN. The van der Waals surface area contributed by atoms with Crippen molar-refractivity contribution < 1.29 is 0 Å². The van der Waals surface area contributed by atoms with Crippen LogP contribution in [0.3, 0.4) is 0 Å². The Labute approximate surface area is 77.3 Å². The average molecular weight is 253 g/mol. The quantitative estimate of drug-likeness (QED) is 0.394. The van der Waals surface area contributed by atoms with Crippen LogP contribution in [-0.2, 0) is 0 Å². The zero-order valence-electron chi connectivity index (χ0n) is 6.86. The van der Waals surface area contributed by atoms with Gasteiger partial charge in [0.05, 0.1) is 4.55 Å². The molecule has 2 heteroatoms. The van der Waals surface area contributed by atoms with Crippen LogP contribution in [0.4, 0.5) is 0 Å². The molecule has 1 heterocycles. The third-order valence-electron chi connectivity index (χ3n) is 2.38. The van der Waals surface area contributed by atoms with Crippen LogP contribution in [0.25, 0.3) is 0 Å². The van der Waals surface area contributed by atoms with Crippen molar-refractivity contribution in [1.29, 1.82) is 0 Å². The Kier molecular flexibility index (Phi) is 2.98. The van der Waals surface area contributed by atoms with E-state index in [1.165, 1.54) is 30.5 Å². The van der Waals surface area contributed by atoms with E-state index in [0.717, 1.165) is 0 Å². The minimum atomic E-state index is 0.613. The van der Waals surface area contributed by atoms with Crippen molar-refractivity contribution >= 4 is 22.6 Å². The van der Waals surface area contributed by atoms with Gasteiger partial charge < -0.3 is 0 Å². The maximum Gasteiger partial charge on any atom is 0.0505 e. The number of nitrogens with zero attached hydrogens (tertiary/aromatic N) is 1. The highest BCUT2D eigenvalue weighted by atomic mass is 127. The van der Waals surface area contributed by atoms with Crippen LogP contribution in [-0.4, -0.2) is 22.5 Å². The molecule has 0 radical (unpaired) electrons. The Morgan fingerprint density at radius 2 is 1.80 bits per heavy atom. The van der Waals surface area contributed by atoms with Crippen LogP contribution < -0.4 is 0 Å². The molecule has 0 aromatic heterocycles. The maximum absolute atomic E-state index is 2.52. The fraction of sp³-hybridized carbons (Fsp3) is 1.00. The number of halogens is 1. The first-order valence-electron chi connectivity index (χ1n) is 3.92. The lowest BCUT2D eigenvalue weighted by molar-refractivity contribution is 0.154. The predicted octanol–water partition coefficient (Wildman–Crippen LogP) is 2.50. The summed E-state index contributed by atoms with van der Waals surface area (Å²) in [5, 5.41) is 0. The zero-order valence-corrected chi connectivity index (χ0v) is 9.02. The van der Waals surface area contributed by atoms with E-state index in [0.29, 0.717) is 5.41 Å². The van der Waals surface area contributed by atoms with Gasteiger partial charge in [0.1, 0.15) is 0 Å². The Morgan fingerprint density at radius 3 is 2.20 bits per heavy atom. The average Bonchev–Trinajstić information content (AvgIpc) is 1.88. The molecule has 0 spiro atoms. The van der Waals surface area contributed by atoms with Crippen LogP contribution in [0.5, 0.6) is 0 Å². The smallest absolute Gasteiger partial charge is 0.0505 e. The second kappa shape index (κ2) is 3.39.